The molecule has 1 rings (SSSR count). The Morgan fingerprint density at radius 2 is 1.59 bits per heavy atom. The standard InChI is InChI=1S/C16H33N/c1-14(2)7-5-6-8-16-9-11-17(12-10-16)13-15(3)4/h14-16H,5-13H2,1-4H3. The van der Waals surface area contributed by atoms with E-state index < -0.39 is 0 Å². The lowest BCUT2D eigenvalue weighted by Crippen LogP contribution is -2.36. The van der Waals surface area contributed by atoms with Crippen molar-refractivity contribution < 1.29 is 0 Å². The minimum atomic E-state index is 0.831. The maximum Gasteiger partial charge on any atom is 0.000439 e. The van der Waals surface area contributed by atoms with Crippen LogP contribution in [0.4, 0.5) is 0 Å². The van der Waals surface area contributed by atoms with Gasteiger partial charge in [-0.2, -0.15) is 0 Å². The van der Waals surface area contributed by atoms with E-state index in [0.717, 1.165) is 17.8 Å². The summed E-state index contributed by atoms with van der Waals surface area (Å²) in [7, 11) is 0. The molecule has 17 heavy (non-hydrogen) atoms. The molecule has 1 heterocycles. The van der Waals surface area contributed by atoms with Crippen molar-refractivity contribution in [2.24, 2.45) is 17.8 Å². The van der Waals surface area contributed by atoms with Gasteiger partial charge in [0.15, 0.2) is 0 Å². The molecule has 1 aliphatic heterocycles. The first kappa shape index (κ1) is 15.0. The van der Waals surface area contributed by atoms with Gasteiger partial charge in [-0.25, -0.2) is 0 Å². The molecule has 0 saturated carbocycles. The number of unbranched alkanes of at least 4 members (excludes halogenated alkanes) is 1. The van der Waals surface area contributed by atoms with Crippen molar-refractivity contribution in [2.75, 3.05) is 19.6 Å². The van der Waals surface area contributed by atoms with Crippen LogP contribution in [0, 0.1) is 17.8 Å². The lowest BCUT2D eigenvalue weighted by atomic mass is 9.90. The summed E-state index contributed by atoms with van der Waals surface area (Å²) in [5.41, 5.74) is 0. The summed E-state index contributed by atoms with van der Waals surface area (Å²) in [6, 6.07) is 0. The number of hydrogen-bond donors (Lipinski definition) is 0. The maximum absolute atomic E-state index is 2.66. The molecule has 0 N–H and O–H groups in total. The molecule has 1 fully saturated rings. The molecule has 0 aromatic carbocycles. The average molecular weight is 239 g/mol. The van der Waals surface area contributed by atoms with Gasteiger partial charge in [0.05, 0.1) is 0 Å². The van der Waals surface area contributed by atoms with E-state index >= 15 is 0 Å². The zero-order chi connectivity index (χ0) is 12.7. The Bertz CT molecular complexity index is 175. The summed E-state index contributed by atoms with van der Waals surface area (Å²) < 4.78 is 0. The molecule has 0 bridgehead atoms. The van der Waals surface area contributed by atoms with Gasteiger partial charge in [-0.15, -0.1) is 0 Å². The summed E-state index contributed by atoms with van der Waals surface area (Å²) in [5.74, 6) is 2.76. The van der Waals surface area contributed by atoms with E-state index in [9.17, 15) is 0 Å². The Morgan fingerprint density at radius 1 is 0.941 bits per heavy atom. The van der Waals surface area contributed by atoms with E-state index in [1.54, 1.807) is 0 Å². The molecule has 0 radical (unpaired) electrons. The molecule has 0 unspecified atom stereocenters. The number of piperidine rings is 1. The van der Waals surface area contributed by atoms with E-state index in [-0.39, 0.29) is 0 Å². The van der Waals surface area contributed by atoms with Crippen molar-refractivity contribution in [3.05, 3.63) is 0 Å². The van der Waals surface area contributed by atoms with Crippen LogP contribution in [0.1, 0.15) is 66.2 Å². The number of rotatable bonds is 7. The highest BCUT2D eigenvalue weighted by Crippen LogP contribution is 2.23. The fraction of sp³-hybridized carbons (Fsp3) is 1.00. The Hall–Kier alpha value is -0.0400. The summed E-state index contributed by atoms with van der Waals surface area (Å²) in [6.45, 7) is 13.4. The van der Waals surface area contributed by atoms with Crippen LogP contribution >= 0.6 is 0 Å². The van der Waals surface area contributed by atoms with Crippen molar-refractivity contribution in [3.63, 3.8) is 0 Å². The molecule has 0 aromatic rings. The highest BCUT2D eigenvalue weighted by Gasteiger charge is 2.18. The van der Waals surface area contributed by atoms with Crippen molar-refractivity contribution in [1.82, 2.24) is 4.90 Å². The smallest absolute Gasteiger partial charge is 0.000439 e. The maximum atomic E-state index is 2.66. The highest BCUT2D eigenvalue weighted by molar-refractivity contribution is 4.73. The summed E-state index contributed by atoms with van der Waals surface area (Å²) in [6.07, 6.45) is 8.73. The highest BCUT2D eigenvalue weighted by atomic mass is 15.1. The molecule has 1 saturated heterocycles. The topological polar surface area (TPSA) is 3.24 Å². The van der Waals surface area contributed by atoms with Gasteiger partial charge in [-0.3, -0.25) is 0 Å². The molecule has 0 amide bonds. The normalized spacial score (nSPS) is 19.4. The summed E-state index contributed by atoms with van der Waals surface area (Å²) in [4.78, 5) is 2.66. The van der Waals surface area contributed by atoms with Crippen LogP contribution in [0.5, 0.6) is 0 Å². The predicted octanol–water partition coefficient (Wildman–Crippen LogP) is 4.57. The van der Waals surface area contributed by atoms with Crippen molar-refractivity contribution >= 4 is 0 Å². The second-order valence-electron chi connectivity index (χ2n) is 6.82. The minimum Gasteiger partial charge on any atom is -0.303 e. The van der Waals surface area contributed by atoms with Gasteiger partial charge in [-0.05, 0) is 43.7 Å². The van der Waals surface area contributed by atoms with Gasteiger partial charge in [0.2, 0.25) is 0 Å². The first-order valence-electron chi connectivity index (χ1n) is 7.80. The van der Waals surface area contributed by atoms with Crippen LogP contribution in [-0.4, -0.2) is 24.5 Å². The minimum absolute atomic E-state index is 0.831. The second kappa shape index (κ2) is 8.13. The Morgan fingerprint density at radius 3 is 2.12 bits per heavy atom. The lowest BCUT2D eigenvalue weighted by Gasteiger charge is -2.33. The van der Waals surface area contributed by atoms with E-state index in [2.05, 4.69) is 32.6 Å². The third-order valence-electron chi connectivity index (χ3n) is 3.97. The SMILES string of the molecule is CC(C)CCCCC1CCN(CC(C)C)CC1. The van der Waals surface area contributed by atoms with Gasteiger partial charge in [0, 0.05) is 6.54 Å². The zero-order valence-corrected chi connectivity index (χ0v) is 12.5. The van der Waals surface area contributed by atoms with Crippen molar-refractivity contribution in [2.45, 2.75) is 66.2 Å². The fourth-order valence-corrected chi connectivity index (χ4v) is 2.96. The zero-order valence-electron chi connectivity index (χ0n) is 12.5. The molecular formula is C16H33N. The largest absolute Gasteiger partial charge is 0.303 e. The van der Waals surface area contributed by atoms with E-state index in [0.29, 0.717) is 0 Å². The Kier molecular flexibility index (Phi) is 7.18. The number of likely N-dealkylation sites (tertiary alicyclic amines) is 1. The van der Waals surface area contributed by atoms with Crippen LogP contribution in [0.2, 0.25) is 0 Å². The molecule has 1 aliphatic rings. The van der Waals surface area contributed by atoms with Gasteiger partial charge < -0.3 is 4.90 Å². The average Bonchev–Trinajstić information content (AvgIpc) is 2.25. The van der Waals surface area contributed by atoms with Gasteiger partial charge in [0.1, 0.15) is 0 Å². The molecule has 0 aliphatic carbocycles. The van der Waals surface area contributed by atoms with E-state index in [4.69, 9.17) is 0 Å². The predicted molar refractivity (Wildman–Crippen MR) is 77.3 cm³/mol. The van der Waals surface area contributed by atoms with Crippen LogP contribution in [0.15, 0.2) is 0 Å². The first-order chi connectivity index (χ1) is 8.08. The monoisotopic (exact) mass is 239 g/mol. The fourth-order valence-electron chi connectivity index (χ4n) is 2.96. The van der Waals surface area contributed by atoms with Crippen molar-refractivity contribution in [1.29, 1.82) is 0 Å². The molecule has 0 aromatic heterocycles. The molecular weight excluding hydrogens is 206 g/mol. The molecule has 102 valence electrons. The number of hydrogen-bond acceptors (Lipinski definition) is 1. The molecule has 0 spiro atoms. The summed E-state index contributed by atoms with van der Waals surface area (Å²) >= 11 is 0. The summed E-state index contributed by atoms with van der Waals surface area (Å²) in [5, 5.41) is 0. The lowest BCUT2D eigenvalue weighted by molar-refractivity contribution is 0.161. The van der Waals surface area contributed by atoms with Crippen LogP contribution in [-0.2, 0) is 0 Å². The third-order valence-corrected chi connectivity index (χ3v) is 3.97. The quantitative estimate of drug-likeness (QED) is 0.588. The van der Waals surface area contributed by atoms with Gasteiger partial charge in [-0.1, -0.05) is 53.4 Å². The molecule has 1 nitrogen and oxygen atoms in total. The molecule has 0 atom stereocenters. The van der Waals surface area contributed by atoms with Crippen molar-refractivity contribution in [3.8, 4) is 0 Å². The molecule has 1 heteroatoms. The van der Waals surface area contributed by atoms with E-state index in [1.807, 2.05) is 0 Å². The van der Waals surface area contributed by atoms with E-state index in [1.165, 1.54) is 58.2 Å². The van der Waals surface area contributed by atoms with Crippen LogP contribution in [0.3, 0.4) is 0 Å². The Balaban J connectivity index is 2.03. The first-order valence-corrected chi connectivity index (χ1v) is 7.80. The van der Waals surface area contributed by atoms with Crippen LogP contribution < -0.4 is 0 Å². The third kappa shape index (κ3) is 7.08. The van der Waals surface area contributed by atoms with Gasteiger partial charge >= 0.3 is 0 Å². The van der Waals surface area contributed by atoms with Crippen LogP contribution in [0.25, 0.3) is 0 Å². The van der Waals surface area contributed by atoms with Gasteiger partial charge in [0.25, 0.3) is 0 Å². The second-order valence-corrected chi connectivity index (χ2v) is 6.82. The number of nitrogens with zero attached hydrogens (tertiary/aromatic N) is 1. The Labute approximate surface area is 109 Å².